The van der Waals surface area contributed by atoms with Crippen molar-refractivity contribution in [2.75, 3.05) is 0 Å². The lowest BCUT2D eigenvalue weighted by Gasteiger charge is -2.31. The lowest BCUT2D eigenvalue weighted by Crippen LogP contribution is -2.35. The van der Waals surface area contributed by atoms with Crippen molar-refractivity contribution >= 4 is 11.3 Å². The average Bonchev–Trinajstić information content (AvgIpc) is 2.73. The highest BCUT2D eigenvalue weighted by Crippen LogP contribution is 2.29. The molecule has 1 aliphatic rings. The predicted molar refractivity (Wildman–Crippen MR) is 83.6 cm³/mol. The molecule has 1 aromatic rings. The van der Waals surface area contributed by atoms with Gasteiger partial charge in [0.1, 0.15) is 5.01 Å². The van der Waals surface area contributed by atoms with Crippen LogP contribution in [0.1, 0.15) is 64.6 Å². The maximum absolute atomic E-state index is 4.76. The van der Waals surface area contributed by atoms with E-state index in [0.29, 0.717) is 6.04 Å². The second-order valence-corrected chi connectivity index (χ2v) is 8.31. The maximum atomic E-state index is 4.76. The first-order chi connectivity index (χ1) is 8.84. The van der Waals surface area contributed by atoms with E-state index in [-0.39, 0.29) is 5.41 Å². The summed E-state index contributed by atoms with van der Waals surface area (Å²) in [4.78, 5) is 4.76. The highest BCUT2D eigenvalue weighted by molar-refractivity contribution is 7.09. The number of rotatable bonds is 3. The minimum atomic E-state index is 0.169. The van der Waals surface area contributed by atoms with Gasteiger partial charge in [-0.05, 0) is 31.1 Å². The monoisotopic (exact) mass is 280 g/mol. The summed E-state index contributed by atoms with van der Waals surface area (Å²) in [7, 11) is 0. The van der Waals surface area contributed by atoms with E-state index in [0.717, 1.165) is 18.4 Å². The Balaban J connectivity index is 1.87. The summed E-state index contributed by atoms with van der Waals surface area (Å²) in [5.74, 6) is 1.73. The number of nitrogens with zero attached hydrogens (tertiary/aromatic N) is 1. The molecule has 1 fully saturated rings. The van der Waals surface area contributed by atoms with Crippen molar-refractivity contribution in [3.05, 3.63) is 16.1 Å². The molecule has 2 unspecified atom stereocenters. The fourth-order valence-corrected chi connectivity index (χ4v) is 4.05. The normalized spacial score (nSPS) is 28.6. The molecule has 0 aliphatic heterocycles. The van der Waals surface area contributed by atoms with Crippen LogP contribution in [-0.4, -0.2) is 11.0 Å². The van der Waals surface area contributed by atoms with Gasteiger partial charge in [0.2, 0.25) is 0 Å². The Hall–Kier alpha value is -0.410. The summed E-state index contributed by atoms with van der Waals surface area (Å²) in [5, 5.41) is 7.16. The first kappa shape index (κ1) is 15.0. The Morgan fingerprint density at radius 1 is 1.21 bits per heavy atom. The molecule has 0 radical (unpaired) electrons. The van der Waals surface area contributed by atoms with E-state index in [1.807, 2.05) is 0 Å². The van der Waals surface area contributed by atoms with Gasteiger partial charge in [-0.2, -0.15) is 0 Å². The third-order valence-electron chi connectivity index (χ3n) is 4.04. The summed E-state index contributed by atoms with van der Waals surface area (Å²) >= 11 is 1.79. The van der Waals surface area contributed by atoms with Crippen molar-refractivity contribution in [1.29, 1.82) is 0 Å². The standard InChI is InChI=1S/C16H28N2S/c1-11-6-12(2)8-13(7-11)17-9-15-18-14(10-19-15)16(3,4)5/h10-13,17H,6-9H2,1-5H3. The summed E-state index contributed by atoms with van der Waals surface area (Å²) < 4.78 is 0. The Bertz CT molecular complexity index is 395. The van der Waals surface area contributed by atoms with E-state index in [2.05, 4.69) is 45.3 Å². The molecule has 1 aliphatic carbocycles. The van der Waals surface area contributed by atoms with Crippen molar-refractivity contribution in [2.24, 2.45) is 11.8 Å². The quantitative estimate of drug-likeness (QED) is 0.890. The third kappa shape index (κ3) is 4.28. The van der Waals surface area contributed by atoms with Crippen molar-refractivity contribution in [1.82, 2.24) is 10.3 Å². The number of hydrogen-bond acceptors (Lipinski definition) is 3. The van der Waals surface area contributed by atoms with Gasteiger partial charge in [-0.15, -0.1) is 11.3 Å². The molecule has 19 heavy (non-hydrogen) atoms. The molecule has 1 aromatic heterocycles. The van der Waals surface area contributed by atoms with Crippen molar-refractivity contribution < 1.29 is 0 Å². The van der Waals surface area contributed by atoms with Gasteiger partial charge < -0.3 is 5.32 Å². The predicted octanol–water partition coefficient (Wildman–Crippen LogP) is 4.35. The van der Waals surface area contributed by atoms with E-state index in [4.69, 9.17) is 4.98 Å². The van der Waals surface area contributed by atoms with Gasteiger partial charge in [-0.1, -0.05) is 34.6 Å². The zero-order chi connectivity index (χ0) is 14.0. The largest absolute Gasteiger partial charge is 0.308 e. The number of thiazole rings is 1. The summed E-state index contributed by atoms with van der Waals surface area (Å²) in [6.07, 6.45) is 4.04. The number of hydrogen-bond donors (Lipinski definition) is 1. The number of aromatic nitrogens is 1. The minimum absolute atomic E-state index is 0.169. The van der Waals surface area contributed by atoms with Crippen LogP contribution in [0, 0.1) is 11.8 Å². The Labute approximate surface area is 122 Å². The van der Waals surface area contributed by atoms with E-state index >= 15 is 0 Å². The summed E-state index contributed by atoms with van der Waals surface area (Å²) in [6, 6.07) is 0.681. The molecule has 1 N–H and O–H groups in total. The van der Waals surface area contributed by atoms with Crippen molar-refractivity contribution in [3.8, 4) is 0 Å². The van der Waals surface area contributed by atoms with E-state index in [9.17, 15) is 0 Å². The van der Waals surface area contributed by atoms with Gasteiger partial charge in [-0.3, -0.25) is 0 Å². The lowest BCUT2D eigenvalue weighted by atomic mass is 9.80. The van der Waals surface area contributed by atoms with Crippen LogP contribution in [0.25, 0.3) is 0 Å². The fourth-order valence-electron chi connectivity index (χ4n) is 3.08. The first-order valence-electron chi connectivity index (χ1n) is 7.53. The van der Waals surface area contributed by atoms with Gasteiger partial charge in [0.15, 0.2) is 0 Å². The van der Waals surface area contributed by atoms with Crippen molar-refractivity contribution in [3.63, 3.8) is 0 Å². The Morgan fingerprint density at radius 3 is 2.37 bits per heavy atom. The zero-order valence-corrected chi connectivity index (χ0v) is 13.8. The van der Waals surface area contributed by atoms with Gasteiger partial charge >= 0.3 is 0 Å². The maximum Gasteiger partial charge on any atom is 0.107 e. The topological polar surface area (TPSA) is 24.9 Å². The highest BCUT2D eigenvalue weighted by Gasteiger charge is 2.24. The fraction of sp³-hybridized carbons (Fsp3) is 0.812. The molecule has 3 heteroatoms. The van der Waals surface area contributed by atoms with Crippen molar-refractivity contribution in [2.45, 2.75) is 71.9 Å². The minimum Gasteiger partial charge on any atom is -0.308 e. The van der Waals surface area contributed by atoms with Crippen LogP contribution in [0.4, 0.5) is 0 Å². The van der Waals surface area contributed by atoms with Crippen LogP contribution in [-0.2, 0) is 12.0 Å². The highest BCUT2D eigenvalue weighted by atomic mass is 32.1. The molecule has 1 saturated carbocycles. The van der Waals surface area contributed by atoms with Gasteiger partial charge in [0, 0.05) is 23.4 Å². The molecule has 108 valence electrons. The zero-order valence-electron chi connectivity index (χ0n) is 13.0. The second-order valence-electron chi connectivity index (χ2n) is 7.37. The second kappa shape index (κ2) is 5.92. The van der Waals surface area contributed by atoms with Crippen LogP contribution < -0.4 is 5.32 Å². The molecule has 0 amide bonds. The summed E-state index contributed by atoms with van der Waals surface area (Å²) in [6.45, 7) is 12.4. The van der Waals surface area contributed by atoms with E-state index < -0.39 is 0 Å². The molecule has 2 atom stereocenters. The third-order valence-corrected chi connectivity index (χ3v) is 4.89. The molecular weight excluding hydrogens is 252 g/mol. The molecule has 0 saturated heterocycles. The Kier molecular flexibility index (Phi) is 4.67. The lowest BCUT2D eigenvalue weighted by molar-refractivity contribution is 0.238. The van der Waals surface area contributed by atoms with E-state index in [1.165, 1.54) is 30.0 Å². The molecular formula is C16H28N2S. The molecule has 0 bridgehead atoms. The van der Waals surface area contributed by atoms with Gasteiger partial charge in [-0.25, -0.2) is 4.98 Å². The van der Waals surface area contributed by atoms with Crippen LogP contribution >= 0.6 is 11.3 Å². The SMILES string of the molecule is CC1CC(C)CC(NCc2nc(C(C)(C)C)cs2)C1. The van der Waals surface area contributed by atoms with Crippen LogP contribution in [0.15, 0.2) is 5.38 Å². The van der Waals surface area contributed by atoms with Crippen LogP contribution in [0.3, 0.4) is 0 Å². The Morgan fingerprint density at radius 2 is 1.84 bits per heavy atom. The molecule has 0 spiro atoms. The molecule has 2 nitrogen and oxygen atoms in total. The van der Waals surface area contributed by atoms with Crippen LogP contribution in [0.2, 0.25) is 0 Å². The molecule has 2 rings (SSSR count). The average molecular weight is 280 g/mol. The smallest absolute Gasteiger partial charge is 0.107 e. The molecule has 0 aromatic carbocycles. The number of nitrogens with one attached hydrogen (secondary N) is 1. The first-order valence-corrected chi connectivity index (χ1v) is 8.41. The van der Waals surface area contributed by atoms with Crippen LogP contribution in [0.5, 0.6) is 0 Å². The summed E-state index contributed by atoms with van der Waals surface area (Å²) in [5.41, 5.74) is 1.39. The van der Waals surface area contributed by atoms with Gasteiger partial charge in [0.25, 0.3) is 0 Å². The van der Waals surface area contributed by atoms with E-state index in [1.54, 1.807) is 11.3 Å². The molecule has 1 heterocycles. The van der Waals surface area contributed by atoms with Gasteiger partial charge in [0.05, 0.1) is 5.69 Å².